The highest BCUT2D eigenvalue weighted by molar-refractivity contribution is 5.88. The van der Waals surface area contributed by atoms with Gasteiger partial charge in [0.2, 0.25) is 5.91 Å². The van der Waals surface area contributed by atoms with Gasteiger partial charge in [-0.3, -0.25) is 9.69 Å². The van der Waals surface area contributed by atoms with Crippen molar-refractivity contribution in [3.8, 4) is 0 Å². The van der Waals surface area contributed by atoms with Gasteiger partial charge in [0.15, 0.2) is 0 Å². The molecule has 1 aromatic carbocycles. The fraction of sp³-hybridized carbons (Fsp3) is 0.500. The minimum absolute atomic E-state index is 0.170. The second-order valence-corrected chi connectivity index (χ2v) is 6.50. The van der Waals surface area contributed by atoms with Gasteiger partial charge in [-0.15, -0.1) is 0 Å². The molecule has 1 aromatic rings. The maximum Gasteiger partial charge on any atom is 0.411 e. The van der Waals surface area contributed by atoms with Gasteiger partial charge >= 0.3 is 6.09 Å². The number of nitrogens with zero attached hydrogens (tertiary/aromatic N) is 1. The fourth-order valence-electron chi connectivity index (χ4n) is 2.39. The second-order valence-electron chi connectivity index (χ2n) is 6.50. The Balaban J connectivity index is 2.31. The molecule has 0 spiro atoms. The highest BCUT2D eigenvalue weighted by atomic mass is 19.1. The molecule has 5 nitrogen and oxygen atoms in total. The fourth-order valence-corrected chi connectivity index (χ4v) is 2.39. The Bertz CT molecular complexity index is 566. The predicted molar refractivity (Wildman–Crippen MR) is 79.7 cm³/mol. The van der Waals surface area contributed by atoms with E-state index in [0.29, 0.717) is 12.1 Å². The Kier molecular flexibility index (Phi) is 4.39. The number of hydrogen-bond acceptors (Lipinski definition) is 3. The van der Waals surface area contributed by atoms with Crippen LogP contribution in [0, 0.1) is 5.82 Å². The Morgan fingerprint density at radius 3 is 2.45 bits per heavy atom. The summed E-state index contributed by atoms with van der Waals surface area (Å²) in [5.74, 6) is -0.687. The van der Waals surface area contributed by atoms with Crippen molar-refractivity contribution < 1.29 is 18.7 Å². The normalized spacial score (nSPS) is 22.2. The van der Waals surface area contributed by atoms with Gasteiger partial charge in [0, 0.05) is 12.6 Å². The van der Waals surface area contributed by atoms with Crippen molar-refractivity contribution in [3.63, 3.8) is 0 Å². The van der Waals surface area contributed by atoms with Crippen molar-refractivity contribution in [2.75, 3.05) is 6.54 Å². The Morgan fingerprint density at radius 2 is 1.91 bits per heavy atom. The number of carbonyl (C=O) groups excluding carboxylic acids is 2. The summed E-state index contributed by atoms with van der Waals surface area (Å²) in [6.45, 7) is 7.46. The predicted octanol–water partition coefficient (Wildman–Crippen LogP) is 2.62. The summed E-state index contributed by atoms with van der Waals surface area (Å²) >= 11 is 0. The minimum Gasteiger partial charge on any atom is -0.444 e. The number of carbonyl (C=O) groups is 2. The summed E-state index contributed by atoms with van der Waals surface area (Å²) < 4.78 is 18.5. The van der Waals surface area contributed by atoms with E-state index in [9.17, 15) is 14.0 Å². The molecule has 2 atom stereocenters. The lowest BCUT2D eigenvalue weighted by Crippen LogP contribution is -2.57. The summed E-state index contributed by atoms with van der Waals surface area (Å²) in [5, 5.41) is 2.81. The van der Waals surface area contributed by atoms with Gasteiger partial charge in [0.25, 0.3) is 0 Å². The van der Waals surface area contributed by atoms with E-state index in [-0.39, 0.29) is 11.9 Å². The molecule has 2 rings (SSSR count). The average Bonchev–Trinajstić information content (AvgIpc) is 2.37. The Hall–Kier alpha value is -2.11. The molecule has 1 heterocycles. The van der Waals surface area contributed by atoms with Crippen molar-refractivity contribution in [3.05, 3.63) is 35.6 Å². The van der Waals surface area contributed by atoms with Gasteiger partial charge in [-0.05, 0) is 45.4 Å². The van der Waals surface area contributed by atoms with E-state index in [1.165, 1.54) is 29.2 Å². The van der Waals surface area contributed by atoms with Crippen molar-refractivity contribution in [1.82, 2.24) is 10.2 Å². The third kappa shape index (κ3) is 3.75. The van der Waals surface area contributed by atoms with Crippen LogP contribution in [0.4, 0.5) is 9.18 Å². The molecule has 0 aliphatic carbocycles. The molecule has 1 aliphatic rings. The molecule has 1 N–H and O–H groups in total. The quantitative estimate of drug-likeness (QED) is 0.867. The summed E-state index contributed by atoms with van der Waals surface area (Å²) in [4.78, 5) is 26.1. The van der Waals surface area contributed by atoms with Gasteiger partial charge in [0.1, 0.15) is 17.5 Å². The summed E-state index contributed by atoms with van der Waals surface area (Å²) in [6, 6.07) is 4.57. The zero-order chi connectivity index (χ0) is 16.5. The number of halogens is 1. The van der Waals surface area contributed by atoms with E-state index in [1.54, 1.807) is 20.8 Å². The van der Waals surface area contributed by atoms with Crippen molar-refractivity contribution >= 4 is 12.0 Å². The topological polar surface area (TPSA) is 58.6 Å². The summed E-state index contributed by atoms with van der Waals surface area (Å²) in [5.41, 5.74) is -0.0987. The Labute approximate surface area is 129 Å². The van der Waals surface area contributed by atoms with Gasteiger partial charge in [-0.25, -0.2) is 9.18 Å². The number of nitrogens with one attached hydrogen (secondary N) is 1. The van der Waals surface area contributed by atoms with Crippen LogP contribution in [0.15, 0.2) is 24.3 Å². The highest BCUT2D eigenvalue weighted by Gasteiger charge is 2.39. The molecule has 6 heteroatoms. The largest absolute Gasteiger partial charge is 0.444 e. The van der Waals surface area contributed by atoms with Crippen molar-refractivity contribution in [2.24, 2.45) is 0 Å². The standard InChI is InChI=1S/C16H21FN2O3/c1-10-9-19(15(21)22-16(2,3)4)13(14(20)18-10)11-5-7-12(17)8-6-11/h5-8,10,13H,9H2,1-4H3,(H,18,20)/t10-,13+/m1/s1. The lowest BCUT2D eigenvalue weighted by atomic mass is 10.0. The van der Waals surface area contributed by atoms with Crippen molar-refractivity contribution in [1.29, 1.82) is 0 Å². The van der Waals surface area contributed by atoms with Gasteiger partial charge in [-0.1, -0.05) is 12.1 Å². The number of piperazine rings is 1. The van der Waals surface area contributed by atoms with E-state index < -0.39 is 23.6 Å². The van der Waals surface area contributed by atoms with Crippen LogP contribution in [-0.2, 0) is 9.53 Å². The molecule has 0 saturated carbocycles. The maximum absolute atomic E-state index is 13.1. The first-order chi connectivity index (χ1) is 10.2. The molecule has 1 saturated heterocycles. The molecule has 120 valence electrons. The first kappa shape index (κ1) is 16.3. The SMILES string of the molecule is C[C@@H]1CN(C(=O)OC(C)(C)C)[C@@H](c2ccc(F)cc2)C(=O)N1. The highest BCUT2D eigenvalue weighted by Crippen LogP contribution is 2.27. The third-order valence-corrected chi connectivity index (χ3v) is 3.23. The zero-order valence-corrected chi connectivity index (χ0v) is 13.2. The van der Waals surface area contributed by atoms with Crippen LogP contribution in [0.2, 0.25) is 0 Å². The van der Waals surface area contributed by atoms with Crippen LogP contribution in [0.5, 0.6) is 0 Å². The van der Waals surface area contributed by atoms with Crippen LogP contribution in [0.1, 0.15) is 39.3 Å². The first-order valence-corrected chi connectivity index (χ1v) is 7.23. The molecule has 0 radical (unpaired) electrons. The number of hydrogen-bond donors (Lipinski definition) is 1. The molecule has 0 unspecified atom stereocenters. The minimum atomic E-state index is -0.813. The molecule has 22 heavy (non-hydrogen) atoms. The second kappa shape index (κ2) is 5.94. The van der Waals surface area contributed by atoms with E-state index in [1.807, 2.05) is 6.92 Å². The molecular formula is C16H21FN2O3. The molecule has 1 aliphatic heterocycles. The van der Waals surface area contributed by atoms with Crippen molar-refractivity contribution in [2.45, 2.75) is 45.4 Å². The Morgan fingerprint density at radius 1 is 1.32 bits per heavy atom. The van der Waals surface area contributed by atoms with Crippen LogP contribution in [0.3, 0.4) is 0 Å². The van der Waals surface area contributed by atoms with Crippen LogP contribution >= 0.6 is 0 Å². The zero-order valence-electron chi connectivity index (χ0n) is 13.2. The first-order valence-electron chi connectivity index (χ1n) is 7.23. The number of benzene rings is 1. The third-order valence-electron chi connectivity index (χ3n) is 3.23. The number of ether oxygens (including phenoxy) is 1. The number of rotatable bonds is 1. The van der Waals surface area contributed by atoms with Gasteiger partial charge < -0.3 is 10.1 Å². The molecule has 0 aromatic heterocycles. The molecule has 2 amide bonds. The lowest BCUT2D eigenvalue weighted by Gasteiger charge is -2.39. The summed E-state index contributed by atoms with van der Waals surface area (Å²) in [7, 11) is 0. The van der Waals surface area contributed by atoms with Gasteiger partial charge in [-0.2, -0.15) is 0 Å². The van der Waals surface area contributed by atoms with Crippen LogP contribution < -0.4 is 5.32 Å². The van der Waals surface area contributed by atoms with E-state index in [4.69, 9.17) is 4.74 Å². The van der Waals surface area contributed by atoms with E-state index in [0.717, 1.165) is 0 Å². The lowest BCUT2D eigenvalue weighted by molar-refractivity contribution is -0.130. The summed E-state index contributed by atoms with van der Waals surface area (Å²) in [6.07, 6.45) is -0.552. The number of amides is 2. The maximum atomic E-state index is 13.1. The van der Waals surface area contributed by atoms with E-state index >= 15 is 0 Å². The molecule has 1 fully saturated rings. The van der Waals surface area contributed by atoms with E-state index in [2.05, 4.69) is 5.32 Å². The average molecular weight is 308 g/mol. The molecule has 0 bridgehead atoms. The molecular weight excluding hydrogens is 287 g/mol. The smallest absolute Gasteiger partial charge is 0.411 e. The van der Waals surface area contributed by atoms with Crippen LogP contribution in [0.25, 0.3) is 0 Å². The van der Waals surface area contributed by atoms with Crippen LogP contribution in [-0.4, -0.2) is 35.1 Å². The monoisotopic (exact) mass is 308 g/mol. The van der Waals surface area contributed by atoms with Gasteiger partial charge in [0.05, 0.1) is 0 Å².